The van der Waals surface area contributed by atoms with Gasteiger partial charge in [0.15, 0.2) is 5.78 Å². The van der Waals surface area contributed by atoms with E-state index in [1.54, 1.807) is 0 Å². The first-order valence-electron chi connectivity index (χ1n) is 9.71. The third kappa shape index (κ3) is 3.66. The molecule has 4 aromatic rings. The molecule has 30 heavy (non-hydrogen) atoms. The molecule has 0 fully saturated rings. The minimum atomic E-state index is -0.772. The van der Waals surface area contributed by atoms with Crippen LogP contribution in [-0.4, -0.2) is 5.78 Å². The van der Waals surface area contributed by atoms with Crippen molar-refractivity contribution in [1.29, 1.82) is 0 Å². The van der Waals surface area contributed by atoms with Gasteiger partial charge in [-0.05, 0) is 93.7 Å². The monoisotopic (exact) mass is 522 g/mol. The number of ether oxygens (including phenoxy) is 1. The van der Waals surface area contributed by atoms with E-state index in [1.807, 2.05) is 48.5 Å². The topological polar surface area (TPSA) is 26.3 Å². The fraction of sp³-hybridized carbons (Fsp3) is 0.0385. The molecule has 1 aliphatic heterocycles. The fourth-order valence-electron chi connectivity index (χ4n) is 3.71. The number of hydrogen-bond donors (Lipinski definition) is 1. The van der Waals surface area contributed by atoms with Crippen LogP contribution in [0.5, 0.6) is 5.75 Å². The highest BCUT2D eigenvalue weighted by Crippen LogP contribution is 2.56. The minimum Gasteiger partial charge on any atom is -0.489 e. The zero-order chi connectivity index (χ0) is 20.5. The van der Waals surface area contributed by atoms with Crippen LogP contribution in [0.4, 0.5) is 0 Å². The van der Waals surface area contributed by atoms with Crippen LogP contribution in [0, 0.1) is 3.57 Å². The molecule has 4 heteroatoms. The van der Waals surface area contributed by atoms with E-state index in [-0.39, 0.29) is 5.78 Å². The Balaban J connectivity index is 1.45. The lowest BCUT2D eigenvalue weighted by Crippen LogP contribution is -2.12. The number of thiol groups is 1. The maximum Gasteiger partial charge on any atom is 0.195 e. The number of fused-ring (bicyclic) bond motifs is 2. The summed E-state index contributed by atoms with van der Waals surface area (Å²) in [5, 5.41) is 0. The maximum atomic E-state index is 13.0. The summed E-state index contributed by atoms with van der Waals surface area (Å²) in [5.74, 6) is 0.972. The molecule has 0 saturated heterocycles. The summed E-state index contributed by atoms with van der Waals surface area (Å²) in [7, 11) is -0.772. The van der Waals surface area contributed by atoms with Crippen LogP contribution in [0.1, 0.15) is 21.5 Å². The van der Waals surface area contributed by atoms with E-state index < -0.39 is 10.9 Å². The molecule has 5 rings (SSSR count). The zero-order valence-corrected chi connectivity index (χ0v) is 19.1. The van der Waals surface area contributed by atoms with Gasteiger partial charge < -0.3 is 4.74 Å². The first-order valence-corrected chi connectivity index (χ1v) is 12.1. The molecule has 0 bridgehead atoms. The van der Waals surface area contributed by atoms with Crippen molar-refractivity contribution in [1.82, 2.24) is 0 Å². The lowest BCUT2D eigenvalue weighted by atomic mass is 10.0. The third-order valence-corrected chi connectivity index (χ3v) is 8.47. The van der Waals surface area contributed by atoms with Gasteiger partial charge in [0, 0.05) is 24.5 Å². The van der Waals surface area contributed by atoms with E-state index in [4.69, 9.17) is 4.74 Å². The van der Waals surface area contributed by atoms with E-state index in [1.165, 1.54) is 8.47 Å². The van der Waals surface area contributed by atoms with Crippen molar-refractivity contribution in [2.75, 3.05) is 0 Å². The molecule has 0 atom stereocenters. The maximum absolute atomic E-state index is 13.0. The number of carbonyl (C=O) groups excluding carboxylic acids is 1. The van der Waals surface area contributed by atoms with Crippen molar-refractivity contribution in [2.24, 2.45) is 0 Å². The number of rotatable bonds is 4. The highest BCUT2D eigenvalue weighted by Gasteiger charge is 2.29. The highest BCUT2D eigenvalue weighted by molar-refractivity contribution is 14.1. The normalized spacial score (nSPS) is 13.5. The van der Waals surface area contributed by atoms with E-state index in [2.05, 4.69) is 71.1 Å². The minimum absolute atomic E-state index is 0.123. The highest BCUT2D eigenvalue weighted by atomic mass is 127. The van der Waals surface area contributed by atoms with Gasteiger partial charge in [-0.3, -0.25) is 4.79 Å². The second-order valence-corrected chi connectivity index (χ2v) is 10.5. The standard InChI is InChI=1S/C26H19IO2S/c27-19-11-9-18(10-12-19)17-29-20-13-15-21(16-14-20)30-24-7-3-1-5-22(24)26(28)23-6-2-4-8-25(23)30/h1-16,30H,17H2. The molecular formula is C26H19IO2S. The lowest BCUT2D eigenvalue weighted by molar-refractivity contribution is 0.103. The number of carbonyl (C=O) groups is 1. The Bertz CT molecular complexity index is 1170. The van der Waals surface area contributed by atoms with Gasteiger partial charge in [-0.25, -0.2) is 0 Å². The summed E-state index contributed by atoms with van der Waals surface area (Å²) >= 11 is 2.30. The van der Waals surface area contributed by atoms with E-state index in [0.717, 1.165) is 32.2 Å². The SMILES string of the molecule is O=C1c2ccccc2[SH](c2ccc(OCc3ccc(I)cc3)cc2)c2ccccc21. The summed E-state index contributed by atoms with van der Waals surface area (Å²) in [6.45, 7) is 0.547. The van der Waals surface area contributed by atoms with Crippen molar-refractivity contribution < 1.29 is 9.53 Å². The first-order chi connectivity index (χ1) is 14.7. The molecule has 2 nitrogen and oxygen atoms in total. The van der Waals surface area contributed by atoms with E-state index >= 15 is 0 Å². The van der Waals surface area contributed by atoms with Gasteiger partial charge in [0.1, 0.15) is 12.4 Å². The first kappa shape index (κ1) is 19.4. The second-order valence-electron chi connectivity index (χ2n) is 7.11. The Morgan fingerprint density at radius 1 is 0.700 bits per heavy atom. The smallest absolute Gasteiger partial charge is 0.195 e. The summed E-state index contributed by atoms with van der Waals surface area (Å²) in [6.07, 6.45) is 0. The van der Waals surface area contributed by atoms with Crippen LogP contribution in [0.15, 0.2) is 112 Å². The molecule has 1 heterocycles. The number of ketones is 1. The average molecular weight is 522 g/mol. The van der Waals surface area contributed by atoms with Crippen molar-refractivity contribution in [3.63, 3.8) is 0 Å². The Hall–Kier alpha value is -2.57. The largest absolute Gasteiger partial charge is 0.489 e. The van der Waals surface area contributed by atoms with Crippen LogP contribution < -0.4 is 4.74 Å². The molecule has 0 aliphatic carbocycles. The van der Waals surface area contributed by atoms with Gasteiger partial charge >= 0.3 is 0 Å². The van der Waals surface area contributed by atoms with Crippen LogP contribution in [0.3, 0.4) is 0 Å². The lowest BCUT2D eigenvalue weighted by Gasteiger charge is -2.31. The molecule has 0 amide bonds. The van der Waals surface area contributed by atoms with Crippen molar-refractivity contribution in [2.45, 2.75) is 21.3 Å². The molecular weight excluding hydrogens is 503 g/mol. The predicted octanol–water partition coefficient (Wildman–Crippen LogP) is 6.89. The molecule has 4 aromatic carbocycles. The molecule has 0 spiro atoms. The Kier molecular flexibility index (Phi) is 5.35. The van der Waals surface area contributed by atoms with Crippen molar-refractivity contribution in [3.8, 4) is 5.75 Å². The van der Waals surface area contributed by atoms with Crippen LogP contribution >= 0.6 is 33.5 Å². The van der Waals surface area contributed by atoms with Gasteiger partial charge in [0.25, 0.3) is 0 Å². The summed E-state index contributed by atoms with van der Waals surface area (Å²) in [6, 6.07) is 32.7. The third-order valence-electron chi connectivity index (χ3n) is 5.19. The predicted molar refractivity (Wildman–Crippen MR) is 130 cm³/mol. The Morgan fingerprint density at radius 3 is 1.87 bits per heavy atom. The second kappa shape index (κ2) is 8.28. The van der Waals surface area contributed by atoms with E-state index in [0.29, 0.717) is 6.61 Å². The molecule has 1 aliphatic rings. The van der Waals surface area contributed by atoms with E-state index in [9.17, 15) is 4.79 Å². The Morgan fingerprint density at radius 2 is 1.27 bits per heavy atom. The number of halogens is 1. The quantitative estimate of drug-likeness (QED) is 0.206. The van der Waals surface area contributed by atoms with Crippen molar-refractivity contribution in [3.05, 3.63) is 117 Å². The molecule has 0 saturated carbocycles. The fourth-order valence-corrected chi connectivity index (χ4v) is 6.64. The van der Waals surface area contributed by atoms with Gasteiger partial charge in [-0.1, -0.05) is 36.4 Å². The summed E-state index contributed by atoms with van der Waals surface area (Å²) in [5.41, 5.74) is 2.79. The molecule has 0 N–H and O–H groups in total. The molecule has 148 valence electrons. The van der Waals surface area contributed by atoms with Gasteiger partial charge in [0.05, 0.1) is 0 Å². The van der Waals surface area contributed by atoms with Gasteiger partial charge in [0.2, 0.25) is 0 Å². The number of hydrogen-bond acceptors (Lipinski definition) is 2. The van der Waals surface area contributed by atoms with Crippen molar-refractivity contribution >= 4 is 39.3 Å². The average Bonchev–Trinajstić information content (AvgIpc) is 2.80. The zero-order valence-electron chi connectivity index (χ0n) is 16.1. The number of benzene rings is 4. The molecule has 0 aromatic heterocycles. The summed E-state index contributed by atoms with van der Waals surface area (Å²) < 4.78 is 7.20. The molecule has 0 unspecified atom stereocenters. The summed E-state index contributed by atoms with van der Waals surface area (Å²) in [4.78, 5) is 16.4. The molecule has 0 radical (unpaired) electrons. The Labute approximate surface area is 192 Å². The van der Waals surface area contributed by atoms with Gasteiger partial charge in [-0.2, -0.15) is 10.9 Å². The van der Waals surface area contributed by atoms with Crippen LogP contribution in [0.2, 0.25) is 0 Å². The van der Waals surface area contributed by atoms with Crippen LogP contribution in [-0.2, 0) is 6.61 Å². The van der Waals surface area contributed by atoms with Crippen LogP contribution in [0.25, 0.3) is 0 Å². The van der Waals surface area contributed by atoms with Gasteiger partial charge in [-0.15, -0.1) is 0 Å².